The normalized spacial score (nSPS) is 16.8. The lowest BCUT2D eigenvalue weighted by molar-refractivity contribution is -0.129. The molecule has 1 saturated heterocycles. The fourth-order valence-electron chi connectivity index (χ4n) is 2.04. The maximum absolute atomic E-state index is 12.0. The van der Waals surface area contributed by atoms with Crippen LogP contribution < -0.4 is 0 Å². The Labute approximate surface area is 112 Å². The van der Waals surface area contributed by atoms with Crippen molar-refractivity contribution >= 4 is 17.7 Å². The SMILES string of the molecule is CC1CCN(C(=O)CSc2ccc(O)cc2)CC1. The number of likely N-dealkylation sites (tertiary alicyclic amines) is 1. The molecule has 0 radical (unpaired) electrons. The number of phenols is 1. The van der Waals surface area contributed by atoms with Crippen molar-refractivity contribution < 1.29 is 9.90 Å². The first-order chi connectivity index (χ1) is 8.65. The molecule has 0 atom stereocenters. The maximum Gasteiger partial charge on any atom is 0.232 e. The van der Waals surface area contributed by atoms with E-state index in [2.05, 4.69) is 6.92 Å². The van der Waals surface area contributed by atoms with E-state index >= 15 is 0 Å². The van der Waals surface area contributed by atoms with E-state index in [1.165, 1.54) is 11.8 Å². The van der Waals surface area contributed by atoms with Gasteiger partial charge in [-0.15, -0.1) is 11.8 Å². The van der Waals surface area contributed by atoms with Crippen molar-refractivity contribution in [2.24, 2.45) is 5.92 Å². The third-order valence-corrected chi connectivity index (χ3v) is 4.33. The van der Waals surface area contributed by atoms with Gasteiger partial charge in [0.2, 0.25) is 5.91 Å². The average Bonchev–Trinajstić information content (AvgIpc) is 2.38. The van der Waals surface area contributed by atoms with Crippen LogP contribution in [0.4, 0.5) is 0 Å². The van der Waals surface area contributed by atoms with Crippen molar-refractivity contribution in [2.75, 3.05) is 18.8 Å². The number of amides is 1. The molecule has 0 aromatic heterocycles. The molecule has 0 aliphatic carbocycles. The minimum Gasteiger partial charge on any atom is -0.508 e. The Balaban J connectivity index is 1.79. The molecule has 0 bridgehead atoms. The van der Waals surface area contributed by atoms with Crippen LogP contribution in [-0.4, -0.2) is 34.8 Å². The minimum atomic E-state index is 0.222. The van der Waals surface area contributed by atoms with E-state index in [1.54, 1.807) is 12.1 Å². The quantitative estimate of drug-likeness (QED) is 0.854. The molecule has 18 heavy (non-hydrogen) atoms. The molecule has 0 spiro atoms. The molecule has 1 N–H and O–H groups in total. The number of carbonyl (C=O) groups excluding carboxylic acids is 1. The fraction of sp³-hybridized carbons (Fsp3) is 0.500. The molecule has 1 aliphatic heterocycles. The molecule has 1 amide bonds. The van der Waals surface area contributed by atoms with Crippen LogP contribution in [0.3, 0.4) is 0 Å². The van der Waals surface area contributed by atoms with Crippen molar-refractivity contribution in [1.29, 1.82) is 0 Å². The highest BCUT2D eigenvalue weighted by Crippen LogP contribution is 2.22. The zero-order valence-electron chi connectivity index (χ0n) is 10.6. The molecule has 1 heterocycles. The second-order valence-electron chi connectivity index (χ2n) is 4.85. The largest absolute Gasteiger partial charge is 0.508 e. The molecule has 2 rings (SSSR count). The molecule has 0 unspecified atom stereocenters. The Kier molecular flexibility index (Phi) is 4.53. The summed E-state index contributed by atoms with van der Waals surface area (Å²) in [6.45, 7) is 4.04. The monoisotopic (exact) mass is 265 g/mol. The van der Waals surface area contributed by atoms with Gasteiger partial charge in [-0.2, -0.15) is 0 Å². The third kappa shape index (κ3) is 3.67. The van der Waals surface area contributed by atoms with Gasteiger partial charge < -0.3 is 10.0 Å². The summed E-state index contributed by atoms with van der Waals surface area (Å²) in [5, 5.41) is 9.18. The Morgan fingerprint density at radius 1 is 1.33 bits per heavy atom. The lowest BCUT2D eigenvalue weighted by Gasteiger charge is -2.30. The predicted octanol–water partition coefficient (Wildman–Crippen LogP) is 2.74. The molecule has 1 aromatic carbocycles. The highest BCUT2D eigenvalue weighted by atomic mass is 32.2. The van der Waals surface area contributed by atoms with Crippen molar-refractivity contribution in [3.05, 3.63) is 24.3 Å². The van der Waals surface area contributed by atoms with E-state index in [9.17, 15) is 9.90 Å². The molecular formula is C14H19NO2S. The molecule has 1 fully saturated rings. The molecule has 0 saturated carbocycles. The molecule has 3 nitrogen and oxygen atoms in total. The van der Waals surface area contributed by atoms with Crippen LogP contribution in [-0.2, 0) is 4.79 Å². The van der Waals surface area contributed by atoms with Crippen molar-refractivity contribution in [2.45, 2.75) is 24.7 Å². The summed E-state index contributed by atoms with van der Waals surface area (Å²) < 4.78 is 0. The highest BCUT2D eigenvalue weighted by Gasteiger charge is 2.19. The van der Waals surface area contributed by atoms with Gasteiger partial charge in [-0.05, 0) is 43.0 Å². The number of hydrogen-bond acceptors (Lipinski definition) is 3. The lowest BCUT2D eigenvalue weighted by atomic mass is 9.99. The summed E-state index contributed by atoms with van der Waals surface area (Å²) in [6.07, 6.45) is 2.24. The van der Waals surface area contributed by atoms with Crippen LogP contribution in [0.1, 0.15) is 19.8 Å². The van der Waals surface area contributed by atoms with Crippen LogP contribution in [0.2, 0.25) is 0 Å². The standard InChI is InChI=1S/C14H19NO2S/c1-11-6-8-15(9-7-11)14(17)10-18-13-4-2-12(16)3-5-13/h2-5,11,16H,6-10H2,1H3. The van der Waals surface area contributed by atoms with Crippen LogP contribution in [0.15, 0.2) is 29.2 Å². The summed E-state index contributed by atoms with van der Waals surface area (Å²) in [4.78, 5) is 15.0. The summed E-state index contributed by atoms with van der Waals surface area (Å²) in [7, 11) is 0. The van der Waals surface area contributed by atoms with Gasteiger partial charge in [0.1, 0.15) is 5.75 Å². The van der Waals surface area contributed by atoms with Gasteiger partial charge >= 0.3 is 0 Å². The Bertz CT molecular complexity index is 397. The van der Waals surface area contributed by atoms with E-state index in [0.29, 0.717) is 5.75 Å². The molecule has 4 heteroatoms. The van der Waals surface area contributed by atoms with Crippen LogP contribution in [0, 0.1) is 5.92 Å². The van der Waals surface area contributed by atoms with Crippen LogP contribution >= 0.6 is 11.8 Å². The number of hydrogen-bond donors (Lipinski definition) is 1. The van der Waals surface area contributed by atoms with Crippen molar-refractivity contribution in [1.82, 2.24) is 4.90 Å². The average molecular weight is 265 g/mol. The van der Waals surface area contributed by atoms with E-state index in [0.717, 1.165) is 36.7 Å². The zero-order valence-corrected chi connectivity index (χ0v) is 11.4. The van der Waals surface area contributed by atoms with Crippen LogP contribution in [0.25, 0.3) is 0 Å². The Morgan fingerprint density at radius 3 is 2.56 bits per heavy atom. The number of thioether (sulfide) groups is 1. The van der Waals surface area contributed by atoms with Gasteiger partial charge in [0.15, 0.2) is 0 Å². The second-order valence-corrected chi connectivity index (χ2v) is 5.89. The second kappa shape index (κ2) is 6.14. The first-order valence-electron chi connectivity index (χ1n) is 6.35. The van der Waals surface area contributed by atoms with Crippen LogP contribution in [0.5, 0.6) is 5.75 Å². The van der Waals surface area contributed by atoms with Gasteiger partial charge in [0, 0.05) is 18.0 Å². The predicted molar refractivity (Wildman–Crippen MR) is 73.8 cm³/mol. The number of phenolic OH excluding ortho intramolecular Hbond substituents is 1. The summed E-state index contributed by atoms with van der Waals surface area (Å²) in [5.41, 5.74) is 0. The number of benzene rings is 1. The molecule has 1 aromatic rings. The smallest absolute Gasteiger partial charge is 0.232 e. The number of aromatic hydroxyl groups is 1. The molecular weight excluding hydrogens is 246 g/mol. The number of piperidine rings is 1. The highest BCUT2D eigenvalue weighted by molar-refractivity contribution is 8.00. The van der Waals surface area contributed by atoms with Gasteiger partial charge in [0.25, 0.3) is 0 Å². The summed E-state index contributed by atoms with van der Waals surface area (Å²) >= 11 is 1.53. The van der Waals surface area contributed by atoms with E-state index in [1.807, 2.05) is 17.0 Å². The first-order valence-corrected chi connectivity index (χ1v) is 7.33. The first kappa shape index (κ1) is 13.3. The van der Waals surface area contributed by atoms with E-state index < -0.39 is 0 Å². The van der Waals surface area contributed by atoms with E-state index in [4.69, 9.17) is 0 Å². The maximum atomic E-state index is 12.0. The fourth-order valence-corrected chi connectivity index (χ4v) is 2.84. The topological polar surface area (TPSA) is 40.5 Å². The van der Waals surface area contributed by atoms with Gasteiger partial charge in [-0.3, -0.25) is 4.79 Å². The number of nitrogens with zero attached hydrogens (tertiary/aromatic N) is 1. The minimum absolute atomic E-state index is 0.222. The van der Waals surface area contributed by atoms with Crippen molar-refractivity contribution in [3.8, 4) is 5.75 Å². The molecule has 1 aliphatic rings. The van der Waals surface area contributed by atoms with E-state index in [-0.39, 0.29) is 11.7 Å². The zero-order chi connectivity index (χ0) is 13.0. The number of rotatable bonds is 3. The number of carbonyl (C=O) groups is 1. The summed E-state index contributed by atoms with van der Waals surface area (Å²) in [5.74, 6) is 1.72. The van der Waals surface area contributed by atoms with Gasteiger partial charge in [-0.25, -0.2) is 0 Å². The Morgan fingerprint density at radius 2 is 1.94 bits per heavy atom. The Hall–Kier alpha value is -1.16. The van der Waals surface area contributed by atoms with Crippen molar-refractivity contribution in [3.63, 3.8) is 0 Å². The lowest BCUT2D eigenvalue weighted by Crippen LogP contribution is -2.38. The third-order valence-electron chi connectivity index (χ3n) is 3.34. The molecule has 98 valence electrons. The van der Waals surface area contributed by atoms with Gasteiger partial charge in [0.05, 0.1) is 5.75 Å². The summed E-state index contributed by atoms with van der Waals surface area (Å²) in [6, 6.07) is 6.97. The van der Waals surface area contributed by atoms with Gasteiger partial charge in [-0.1, -0.05) is 6.92 Å².